The molecule has 0 saturated carbocycles. The predicted octanol–water partition coefficient (Wildman–Crippen LogP) is 2.18. The summed E-state index contributed by atoms with van der Waals surface area (Å²) >= 11 is 1.30. The number of nitrogens with one attached hydrogen (secondary N) is 1. The fourth-order valence-electron chi connectivity index (χ4n) is 1.60. The van der Waals surface area contributed by atoms with E-state index in [1.54, 1.807) is 35.7 Å². The molecule has 98 valence electrons. The van der Waals surface area contributed by atoms with Gasteiger partial charge in [-0.3, -0.25) is 4.79 Å². The molecule has 0 unspecified atom stereocenters. The van der Waals surface area contributed by atoms with Gasteiger partial charge in [0, 0.05) is 5.56 Å². The summed E-state index contributed by atoms with van der Waals surface area (Å²) in [6.07, 6.45) is 0. The zero-order chi connectivity index (χ0) is 14.4. The molecule has 0 atom stereocenters. The molecular weight excluding hydrogens is 270 g/mol. The highest BCUT2D eigenvalue weighted by Crippen LogP contribution is 2.20. The number of benzene rings is 1. The minimum Gasteiger partial charge on any atom is -0.320 e. The highest BCUT2D eigenvalue weighted by molar-refractivity contribution is 7.12. The van der Waals surface area contributed by atoms with E-state index in [-0.39, 0.29) is 12.5 Å². The van der Waals surface area contributed by atoms with Gasteiger partial charge in [-0.25, -0.2) is 0 Å². The van der Waals surface area contributed by atoms with Gasteiger partial charge >= 0.3 is 0 Å². The second-order valence-corrected chi connectivity index (χ2v) is 4.70. The van der Waals surface area contributed by atoms with Gasteiger partial charge < -0.3 is 11.1 Å². The smallest absolute Gasteiger partial charge is 0.267 e. The van der Waals surface area contributed by atoms with Crippen LogP contribution < -0.4 is 11.1 Å². The second kappa shape index (κ2) is 6.53. The first-order chi connectivity index (χ1) is 9.76. The molecule has 2 aromatic rings. The van der Waals surface area contributed by atoms with E-state index in [0.29, 0.717) is 21.7 Å². The summed E-state index contributed by atoms with van der Waals surface area (Å²) in [5, 5.41) is 13.5. The Labute approximate surface area is 120 Å². The topological polar surface area (TPSA) is 78.9 Å². The molecule has 3 N–H and O–H groups in total. The summed E-state index contributed by atoms with van der Waals surface area (Å²) in [7, 11) is 0. The minimum absolute atomic E-state index is 0.244. The Balaban J connectivity index is 2.25. The Kier molecular flexibility index (Phi) is 4.52. The Morgan fingerprint density at radius 3 is 2.85 bits per heavy atom. The van der Waals surface area contributed by atoms with Crippen molar-refractivity contribution in [3.63, 3.8) is 0 Å². The first kappa shape index (κ1) is 13.8. The fourth-order valence-corrected chi connectivity index (χ4v) is 2.34. The number of rotatable bonds is 2. The molecule has 1 aromatic carbocycles. The zero-order valence-corrected chi connectivity index (χ0v) is 11.3. The molecule has 0 aliphatic heterocycles. The molecule has 0 radical (unpaired) electrons. The van der Waals surface area contributed by atoms with Crippen LogP contribution in [0, 0.1) is 23.2 Å². The number of nitrogens with two attached hydrogens (primary N) is 1. The van der Waals surface area contributed by atoms with E-state index < -0.39 is 0 Å². The van der Waals surface area contributed by atoms with Crippen molar-refractivity contribution in [2.45, 2.75) is 0 Å². The average molecular weight is 281 g/mol. The van der Waals surface area contributed by atoms with Crippen LogP contribution in [-0.2, 0) is 0 Å². The van der Waals surface area contributed by atoms with E-state index >= 15 is 0 Å². The van der Waals surface area contributed by atoms with Gasteiger partial charge in [0.25, 0.3) is 5.91 Å². The lowest BCUT2D eigenvalue weighted by molar-refractivity contribution is 0.103. The van der Waals surface area contributed by atoms with E-state index in [0.717, 1.165) is 0 Å². The highest BCUT2D eigenvalue weighted by Gasteiger charge is 2.13. The van der Waals surface area contributed by atoms with Crippen LogP contribution in [0.15, 0.2) is 35.7 Å². The largest absolute Gasteiger partial charge is 0.320 e. The molecule has 2 rings (SSSR count). The van der Waals surface area contributed by atoms with E-state index in [1.807, 2.05) is 6.07 Å². The maximum absolute atomic E-state index is 12.2. The molecule has 0 aliphatic carbocycles. The lowest BCUT2D eigenvalue weighted by Crippen LogP contribution is -2.12. The SMILES string of the molecule is N#Cc1ccccc1NC(=O)c1sccc1C#CCN. The van der Waals surface area contributed by atoms with Gasteiger partial charge in [-0.05, 0) is 23.6 Å². The molecule has 5 heteroatoms. The third kappa shape index (κ3) is 3.04. The van der Waals surface area contributed by atoms with E-state index in [4.69, 9.17) is 11.0 Å². The van der Waals surface area contributed by atoms with Crippen LogP contribution in [0.2, 0.25) is 0 Å². The average Bonchev–Trinajstić information content (AvgIpc) is 2.94. The van der Waals surface area contributed by atoms with E-state index in [1.165, 1.54) is 11.3 Å². The van der Waals surface area contributed by atoms with Crippen molar-refractivity contribution in [3.05, 3.63) is 51.7 Å². The van der Waals surface area contributed by atoms with Crippen molar-refractivity contribution in [1.29, 1.82) is 5.26 Å². The van der Waals surface area contributed by atoms with Crippen molar-refractivity contribution in [2.24, 2.45) is 5.73 Å². The van der Waals surface area contributed by atoms with Crippen LogP contribution in [-0.4, -0.2) is 12.5 Å². The number of anilines is 1. The maximum atomic E-state index is 12.2. The molecule has 20 heavy (non-hydrogen) atoms. The van der Waals surface area contributed by atoms with Gasteiger partial charge in [-0.1, -0.05) is 24.0 Å². The molecule has 0 saturated heterocycles. The van der Waals surface area contributed by atoms with Crippen molar-refractivity contribution in [3.8, 4) is 17.9 Å². The number of hydrogen-bond donors (Lipinski definition) is 2. The molecule has 0 spiro atoms. The lowest BCUT2D eigenvalue weighted by atomic mass is 10.2. The zero-order valence-electron chi connectivity index (χ0n) is 10.5. The van der Waals surface area contributed by atoms with Crippen LogP contribution >= 0.6 is 11.3 Å². The summed E-state index contributed by atoms with van der Waals surface area (Å²) in [6.45, 7) is 0.244. The van der Waals surface area contributed by atoms with Gasteiger partial charge in [-0.15, -0.1) is 11.3 Å². The third-order valence-corrected chi connectivity index (χ3v) is 3.41. The summed E-state index contributed by atoms with van der Waals surface area (Å²) in [5.74, 6) is 5.31. The second-order valence-electron chi connectivity index (χ2n) is 3.78. The van der Waals surface area contributed by atoms with Crippen LogP contribution in [0.1, 0.15) is 20.8 Å². The molecule has 1 heterocycles. The Morgan fingerprint density at radius 2 is 2.10 bits per heavy atom. The number of carbonyl (C=O) groups is 1. The maximum Gasteiger partial charge on any atom is 0.267 e. The van der Waals surface area contributed by atoms with Gasteiger partial charge in [0.15, 0.2) is 0 Å². The predicted molar refractivity (Wildman–Crippen MR) is 79.4 cm³/mol. The molecule has 1 aromatic heterocycles. The van der Waals surface area contributed by atoms with E-state index in [9.17, 15) is 4.79 Å². The normalized spacial score (nSPS) is 9.20. The molecule has 1 amide bonds. The number of thiophene rings is 1. The number of carbonyl (C=O) groups excluding carboxylic acids is 1. The van der Waals surface area contributed by atoms with Gasteiger partial charge in [-0.2, -0.15) is 5.26 Å². The summed E-state index contributed by atoms with van der Waals surface area (Å²) in [4.78, 5) is 12.7. The molecule has 0 bridgehead atoms. The number of para-hydroxylation sites is 1. The van der Waals surface area contributed by atoms with Crippen molar-refractivity contribution < 1.29 is 4.79 Å². The van der Waals surface area contributed by atoms with Gasteiger partial charge in [0.1, 0.15) is 10.9 Å². The van der Waals surface area contributed by atoms with Crippen LogP contribution in [0.5, 0.6) is 0 Å². The Bertz CT molecular complexity index is 731. The number of hydrogen-bond acceptors (Lipinski definition) is 4. The number of nitriles is 1. The van der Waals surface area contributed by atoms with Gasteiger partial charge in [0.2, 0.25) is 0 Å². The van der Waals surface area contributed by atoms with Crippen LogP contribution in [0.25, 0.3) is 0 Å². The standard InChI is InChI=1S/C15H11N3OS/c16-8-3-5-11-7-9-20-14(11)15(19)18-13-6-2-1-4-12(13)10-17/h1-2,4,6-7,9H,8,16H2,(H,18,19). The lowest BCUT2D eigenvalue weighted by Gasteiger charge is -2.05. The summed E-state index contributed by atoms with van der Waals surface area (Å²) in [6, 6.07) is 10.7. The van der Waals surface area contributed by atoms with Crippen LogP contribution in [0.4, 0.5) is 5.69 Å². The van der Waals surface area contributed by atoms with Crippen molar-refractivity contribution in [1.82, 2.24) is 0 Å². The molecule has 0 aliphatic rings. The first-order valence-corrected chi connectivity index (χ1v) is 6.71. The molecule has 4 nitrogen and oxygen atoms in total. The summed E-state index contributed by atoms with van der Waals surface area (Å²) < 4.78 is 0. The van der Waals surface area contributed by atoms with Gasteiger partial charge in [0.05, 0.1) is 17.8 Å². The number of amides is 1. The minimum atomic E-state index is -0.274. The quantitative estimate of drug-likeness (QED) is 0.828. The van der Waals surface area contributed by atoms with E-state index in [2.05, 4.69) is 17.2 Å². The summed E-state index contributed by atoms with van der Waals surface area (Å²) in [5.41, 5.74) is 6.89. The monoisotopic (exact) mass is 281 g/mol. The highest BCUT2D eigenvalue weighted by atomic mass is 32.1. The van der Waals surface area contributed by atoms with Crippen molar-refractivity contribution in [2.75, 3.05) is 11.9 Å². The molecular formula is C15H11N3OS. The van der Waals surface area contributed by atoms with Crippen molar-refractivity contribution >= 4 is 22.9 Å². The van der Waals surface area contributed by atoms with Crippen LogP contribution in [0.3, 0.4) is 0 Å². The fraction of sp³-hybridized carbons (Fsp3) is 0.0667. The Morgan fingerprint density at radius 1 is 1.30 bits per heavy atom. The molecule has 0 fully saturated rings. The number of nitrogens with zero attached hydrogens (tertiary/aromatic N) is 1. The third-order valence-electron chi connectivity index (χ3n) is 2.49. The first-order valence-electron chi connectivity index (χ1n) is 5.83. The Hall–Kier alpha value is -2.60.